The van der Waals surface area contributed by atoms with Crippen molar-refractivity contribution >= 4 is 38.2 Å². The smallest absolute Gasteiger partial charge is 0.256 e. The van der Waals surface area contributed by atoms with Gasteiger partial charge >= 0.3 is 0 Å². The number of benzene rings is 1. The van der Waals surface area contributed by atoms with Gasteiger partial charge in [0, 0.05) is 18.8 Å². The van der Waals surface area contributed by atoms with Gasteiger partial charge in [-0.1, -0.05) is 35.9 Å². The van der Waals surface area contributed by atoms with Crippen molar-refractivity contribution in [2.75, 3.05) is 25.5 Å². The van der Waals surface area contributed by atoms with Crippen LogP contribution in [-0.2, 0) is 14.8 Å². The molecule has 1 aromatic carbocycles. The fourth-order valence-corrected chi connectivity index (χ4v) is 4.48. The molecule has 3 heterocycles. The van der Waals surface area contributed by atoms with Crippen LogP contribution in [0.1, 0.15) is 29.9 Å². The van der Waals surface area contributed by atoms with Gasteiger partial charge in [0.15, 0.2) is 5.84 Å². The molecule has 4 rings (SSSR count). The van der Waals surface area contributed by atoms with Crippen molar-refractivity contribution in [3.05, 3.63) is 41.5 Å². The normalized spacial score (nSPS) is 23.4. The lowest BCUT2D eigenvalue weighted by Crippen LogP contribution is -2.38. The van der Waals surface area contributed by atoms with Gasteiger partial charge in [-0.3, -0.25) is 0 Å². The highest BCUT2D eigenvalue weighted by Gasteiger charge is 2.30. The standard InChI is InChI=1S/C17H18ClN3O3S/c18-16-11-15(17-20-25(22,23)10-7-21(17)19-16)14-3-1-12(2-4-14)13-5-8-24-9-6-13/h1-4,11,13H,5-10H2. The van der Waals surface area contributed by atoms with Crippen LogP contribution in [0.25, 0.3) is 5.57 Å². The number of hydrogen-bond donors (Lipinski definition) is 0. The number of ether oxygens (including phenoxy) is 1. The number of sulfonamides is 1. The Kier molecular flexibility index (Phi) is 4.39. The minimum absolute atomic E-state index is 0.0554. The van der Waals surface area contributed by atoms with E-state index in [1.165, 1.54) is 5.56 Å². The van der Waals surface area contributed by atoms with E-state index < -0.39 is 10.0 Å². The minimum Gasteiger partial charge on any atom is -0.381 e. The van der Waals surface area contributed by atoms with Crippen LogP contribution in [0.5, 0.6) is 0 Å². The van der Waals surface area contributed by atoms with E-state index in [9.17, 15) is 8.42 Å². The second-order valence-electron chi connectivity index (χ2n) is 6.31. The first-order valence-electron chi connectivity index (χ1n) is 8.26. The van der Waals surface area contributed by atoms with Crippen LogP contribution in [0.15, 0.2) is 39.8 Å². The predicted octanol–water partition coefficient (Wildman–Crippen LogP) is 2.57. The molecule has 0 aromatic heterocycles. The van der Waals surface area contributed by atoms with Crippen molar-refractivity contribution < 1.29 is 13.2 Å². The fourth-order valence-electron chi connectivity index (χ4n) is 3.32. The largest absolute Gasteiger partial charge is 0.381 e. The summed E-state index contributed by atoms with van der Waals surface area (Å²) in [7, 11) is -3.46. The van der Waals surface area contributed by atoms with E-state index in [2.05, 4.69) is 21.6 Å². The van der Waals surface area contributed by atoms with E-state index >= 15 is 0 Å². The lowest BCUT2D eigenvalue weighted by atomic mass is 9.90. The molecule has 0 radical (unpaired) electrons. The number of halogens is 1. The number of rotatable bonds is 2. The first-order chi connectivity index (χ1) is 12.0. The quantitative estimate of drug-likeness (QED) is 0.791. The Hall–Kier alpha value is -1.70. The average Bonchev–Trinajstić information content (AvgIpc) is 2.62. The zero-order chi connectivity index (χ0) is 17.4. The molecular formula is C17H18ClN3O3S. The van der Waals surface area contributed by atoms with Crippen molar-refractivity contribution in [3.63, 3.8) is 0 Å². The zero-order valence-corrected chi connectivity index (χ0v) is 15.1. The van der Waals surface area contributed by atoms with Crippen LogP contribution in [0.4, 0.5) is 0 Å². The van der Waals surface area contributed by atoms with Gasteiger partial charge < -0.3 is 4.74 Å². The Morgan fingerprint density at radius 3 is 2.60 bits per heavy atom. The van der Waals surface area contributed by atoms with E-state index in [0.717, 1.165) is 31.6 Å². The summed E-state index contributed by atoms with van der Waals surface area (Å²) in [6.07, 6.45) is 3.72. The molecule has 6 nitrogen and oxygen atoms in total. The lowest BCUT2D eigenvalue weighted by molar-refractivity contribution is 0.0853. The van der Waals surface area contributed by atoms with Crippen molar-refractivity contribution in [2.45, 2.75) is 18.8 Å². The topological polar surface area (TPSA) is 71.3 Å². The highest BCUT2D eigenvalue weighted by molar-refractivity contribution is 7.90. The summed E-state index contributed by atoms with van der Waals surface area (Å²) in [5, 5.41) is 6.05. The van der Waals surface area contributed by atoms with Gasteiger partial charge in [0.25, 0.3) is 10.0 Å². The molecule has 1 saturated heterocycles. The van der Waals surface area contributed by atoms with Crippen molar-refractivity contribution in [1.82, 2.24) is 5.01 Å². The Bertz CT molecular complexity index is 869. The first-order valence-corrected chi connectivity index (χ1v) is 10.2. The molecule has 1 fully saturated rings. The number of nitrogens with zero attached hydrogens (tertiary/aromatic N) is 3. The van der Waals surface area contributed by atoms with Crippen LogP contribution >= 0.6 is 11.6 Å². The molecule has 0 unspecified atom stereocenters. The first kappa shape index (κ1) is 16.8. The van der Waals surface area contributed by atoms with E-state index in [-0.39, 0.29) is 12.3 Å². The van der Waals surface area contributed by atoms with Gasteiger partial charge in [-0.15, -0.1) is 4.40 Å². The molecule has 25 heavy (non-hydrogen) atoms. The average molecular weight is 380 g/mol. The second-order valence-corrected chi connectivity index (χ2v) is 8.46. The van der Waals surface area contributed by atoms with Crippen molar-refractivity contribution in [1.29, 1.82) is 0 Å². The summed E-state index contributed by atoms with van der Waals surface area (Å²) in [5.74, 6) is 0.798. The van der Waals surface area contributed by atoms with Gasteiger partial charge in [-0.05, 0) is 36.0 Å². The molecule has 0 N–H and O–H groups in total. The van der Waals surface area contributed by atoms with Gasteiger partial charge in [0.1, 0.15) is 5.17 Å². The molecule has 3 aliphatic heterocycles. The van der Waals surface area contributed by atoms with E-state index in [0.29, 0.717) is 22.5 Å². The molecule has 0 amide bonds. The number of hydrazone groups is 1. The van der Waals surface area contributed by atoms with Gasteiger partial charge in [0.2, 0.25) is 0 Å². The molecule has 0 aliphatic carbocycles. The number of allylic oxidation sites excluding steroid dienone is 1. The third-order valence-corrected chi connectivity index (χ3v) is 6.00. The number of fused-ring (bicyclic) bond motifs is 1. The molecule has 0 spiro atoms. The minimum atomic E-state index is -3.46. The summed E-state index contributed by atoms with van der Waals surface area (Å²) in [6, 6.07) is 8.17. The summed E-state index contributed by atoms with van der Waals surface area (Å²) in [5.41, 5.74) is 2.84. The Balaban J connectivity index is 1.67. The van der Waals surface area contributed by atoms with Gasteiger partial charge in [-0.25, -0.2) is 13.4 Å². The van der Waals surface area contributed by atoms with Gasteiger partial charge in [0.05, 0.1) is 12.3 Å². The van der Waals surface area contributed by atoms with Crippen LogP contribution in [0.3, 0.4) is 0 Å². The van der Waals surface area contributed by atoms with E-state index in [1.54, 1.807) is 11.1 Å². The SMILES string of the molecule is O=S1(=O)CCN2N=C(Cl)C=C(c3ccc(C4CCOCC4)cc3)C2=N1. The van der Waals surface area contributed by atoms with Crippen LogP contribution in [-0.4, -0.2) is 49.9 Å². The van der Waals surface area contributed by atoms with Crippen molar-refractivity contribution in [3.8, 4) is 0 Å². The Morgan fingerprint density at radius 1 is 1.16 bits per heavy atom. The maximum Gasteiger partial charge on any atom is 0.256 e. The zero-order valence-electron chi connectivity index (χ0n) is 13.6. The van der Waals surface area contributed by atoms with Crippen LogP contribution in [0.2, 0.25) is 0 Å². The summed E-state index contributed by atoms with van der Waals surface area (Å²) in [4.78, 5) is 0. The summed E-state index contributed by atoms with van der Waals surface area (Å²) in [6.45, 7) is 1.86. The number of hydrogen-bond acceptors (Lipinski definition) is 5. The molecule has 1 aromatic rings. The summed E-state index contributed by atoms with van der Waals surface area (Å²) < 4.78 is 33.1. The van der Waals surface area contributed by atoms with E-state index in [1.807, 2.05) is 12.1 Å². The maximum absolute atomic E-state index is 11.9. The van der Waals surface area contributed by atoms with Gasteiger partial charge in [-0.2, -0.15) is 5.10 Å². The van der Waals surface area contributed by atoms with Crippen molar-refractivity contribution in [2.24, 2.45) is 9.50 Å². The Labute approximate surface area is 151 Å². The number of amidine groups is 1. The highest BCUT2D eigenvalue weighted by atomic mass is 35.5. The fraction of sp³-hybridized carbons (Fsp3) is 0.412. The molecule has 3 aliphatic rings. The monoisotopic (exact) mass is 379 g/mol. The van der Waals surface area contributed by atoms with Crippen LogP contribution < -0.4 is 0 Å². The molecule has 0 atom stereocenters. The van der Waals surface area contributed by atoms with Crippen LogP contribution in [0, 0.1) is 0 Å². The Morgan fingerprint density at radius 2 is 1.88 bits per heavy atom. The highest BCUT2D eigenvalue weighted by Crippen LogP contribution is 2.30. The summed E-state index contributed by atoms with van der Waals surface area (Å²) >= 11 is 6.12. The molecular weight excluding hydrogens is 362 g/mol. The van der Waals surface area contributed by atoms with E-state index in [4.69, 9.17) is 16.3 Å². The maximum atomic E-state index is 11.9. The lowest BCUT2D eigenvalue weighted by Gasteiger charge is -2.29. The third-order valence-electron chi connectivity index (χ3n) is 4.67. The molecule has 0 bridgehead atoms. The molecule has 132 valence electrons. The molecule has 0 saturated carbocycles. The predicted molar refractivity (Wildman–Crippen MR) is 98.4 cm³/mol. The molecule has 8 heteroatoms. The third kappa shape index (κ3) is 3.49. The second kappa shape index (κ2) is 6.55.